The lowest BCUT2D eigenvalue weighted by atomic mass is 10.0. The molecule has 1 fully saturated rings. The van der Waals surface area contributed by atoms with E-state index >= 15 is 0 Å². The summed E-state index contributed by atoms with van der Waals surface area (Å²) in [6, 6.07) is 12.8. The number of halogens is 1. The zero-order valence-corrected chi connectivity index (χ0v) is 17.0. The van der Waals surface area contributed by atoms with Crippen LogP contribution in [0.1, 0.15) is 47.3 Å². The number of nitrogens with zero attached hydrogens (tertiary/aromatic N) is 3. The van der Waals surface area contributed by atoms with E-state index in [0.717, 1.165) is 29.5 Å². The second-order valence-corrected chi connectivity index (χ2v) is 8.64. The van der Waals surface area contributed by atoms with Crippen molar-refractivity contribution >= 4 is 17.5 Å². The van der Waals surface area contributed by atoms with E-state index in [1.165, 1.54) is 17.8 Å². The molecule has 1 atom stereocenters. The second kappa shape index (κ2) is 7.51. The zero-order chi connectivity index (χ0) is 19.8. The summed E-state index contributed by atoms with van der Waals surface area (Å²) >= 11 is 1.39. The fraction of sp³-hybridized carbons (Fsp3) is 0.318. The van der Waals surface area contributed by atoms with E-state index in [1.807, 2.05) is 43.5 Å². The molecule has 1 aliphatic carbocycles. The number of aromatic nitrogens is 3. The van der Waals surface area contributed by atoms with Crippen LogP contribution in [0.3, 0.4) is 0 Å². The van der Waals surface area contributed by atoms with E-state index in [9.17, 15) is 9.18 Å². The van der Waals surface area contributed by atoms with Gasteiger partial charge in [0.1, 0.15) is 5.82 Å². The Morgan fingerprint density at radius 2 is 1.93 bits per heavy atom. The number of carbonyl (C=O) groups is 1. The highest BCUT2D eigenvalue weighted by Gasteiger charge is 2.32. The van der Waals surface area contributed by atoms with Crippen molar-refractivity contribution in [3.63, 3.8) is 0 Å². The highest BCUT2D eigenvalue weighted by Crippen LogP contribution is 2.42. The van der Waals surface area contributed by atoms with Crippen LogP contribution in [0.4, 0.5) is 4.39 Å². The molecule has 1 heterocycles. The van der Waals surface area contributed by atoms with E-state index in [0.29, 0.717) is 16.5 Å². The topological polar surface area (TPSA) is 47.8 Å². The molecule has 1 aromatic heterocycles. The lowest BCUT2D eigenvalue weighted by Gasteiger charge is -2.14. The molecule has 0 N–H and O–H groups in total. The molecule has 0 unspecified atom stereocenters. The van der Waals surface area contributed by atoms with E-state index in [2.05, 4.69) is 10.2 Å². The number of rotatable bonds is 6. The first kappa shape index (κ1) is 18.9. The lowest BCUT2D eigenvalue weighted by Crippen LogP contribution is -2.16. The van der Waals surface area contributed by atoms with E-state index in [-0.39, 0.29) is 22.9 Å². The summed E-state index contributed by atoms with van der Waals surface area (Å²) in [5, 5.41) is 8.94. The predicted octanol–water partition coefficient (Wildman–Crippen LogP) is 5.40. The van der Waals surface area contributed by atoms with Crippen molar-refractivity contribution in [2.45, 2.75) is 50.1 Å². The van der Waals surface area contributed by atoms with Crippen LogP contribution in [0.5, 0.6) is 0 Å². The smallest absolute Gasteiger partial charge is 0.192 e. The Balaban J connectivity index is 1.64. The quantitative estimate of drug-likeness (QED) is 0.414. The molecular weight excluding hydrogens is 373 g/mol. The van der Waals surface area contributed by atoms with E-state index in [4.69, 9.17) is 0 Å². The minimum atomic E-state index is -0.312. The third-order valence-electron chi connectivity index (χ3n) is 5.00. The summed E-state index contributed by atoms with van der Waals surface area (Å²) in [4.78, 5) is 13.0. The fourth-order valence-electron chi connectivity index (χ4n) is 3.28. The molecule has 1 saturated carbocycles. The fourth-order valence-corrected chi connectivity index (χ4v) is 4.26. The first-order valence-electron chi connectivity index (χ1n) is 9.43. The summed E-state index contributed by atoms with van der Waals surface area (Å²) in [7, 11) is 0. The summed E-state index contributed by atoms with van der Waals surface area (Å²) in [6.45, 7) is 5.83. The van der Waals surface area contributed by atoms with E-state index in [1.54, 1.807) is 18.2 Å². The molecule has 0 spiro atoms. The van der Waals surface area contributed by atoms with E-state index < -0.39 is 0 Å². The molecule has 3 aromatic rings. The van der Waals surface area contributed by atoms with Crippen LogP contribution < -0.4 is 0 Å². The average Bonchev–Trinajstić information content (AvgIpc) is 3.44. The van der Waals surface area contributed by atoms with Crippen LogP contribution in [-0.2, 0) is 0 Å². The number of hydrogen-bond donors (Lipinski definition) is 0. The summed E-state index contributed by atoms with van der Waals surface area (Å²) in [5.41, 5.74) is 3.22. The Bertz CT molecular complexity index is 1040. The molecule has 0 aliphatic heterocycles. The molecule has 0 amide bonds. The van der Waals surface area contributed by atoms with Gasteiger partial charge >= 0.3 is 0 Å². The Kier molecular flexibility index (Phi) is 5.06. The first-order valence-corrected chi connectivity index (χ1v) is 10.3. The molecule has 0 radical (unpaired) electrons. The van der Waals surface area contributed by atoms with Gasteiger partial charge in [0.25, 0.3) is 0 Å². The van der Waals surface area contributed by atoms with Crippen molar-refractivity contribution in [1.82, 2.24) is 14.8 Å². The Hall–Kier alpha value is -2.47. The maximum Gasteiger partial charge on any atom is 0.192 e. The molecule has 0 bridgehead atoms. The number of carbonyl (C=O) groups excluding carboxylic acids is 1. The monoisotopic (exact) mass is 395 g/mol. The Morgan fingerprint density at radius 3 is 2.64 bits per heavy atom. The summed E-state index contributed by atoms with van der Waals surface area (Å²) in [5.74, 6) is 0.298. The molecule has 28 heavy (non-hydrogen) atoms. The SMILES string of the molecule is Cc1ccc(C)c(C(=O)[C@H](C)Sc2nnc(-c3ccccc3F)n2C2CC2)c1. The van der Waals surface area contributed by atoms with Gasteiger partial charge < -0.3 is 0 Å². The van der Waals surface area contributed by atoms with Crippen LogP contribution in [0, 0.1) is 19.7 Å². The second-order valence-electron chi connectivity index (χ2n) is 7.33. The molecule has 6 heteroatoms. The van der Waals surface area contributed by atoms with Gasteiger partial charge in [-0.2, -0.15) is 0 Å². The van der Waals surface area contributed by atoms with Crippen LogP contribution >= 0.6 is 11.8 Å². The number of benzene rings is 2. The first-order chi connectivity index (χ1) is 13.5. The molecule has 144 valence electrons. The molecule has 2 aromatic carbocycles. The number of Topliss-reactive ketones (excluding diaryl/α,β-unsaturated/α-hetero) is 1. The van der Waals surface area contributed by atoms with Gasteiger partial charge in [-0.15, -0.1) is 10.2 Å². The van der Waals surface area contributed by atoms with Crippen LogP contribution in [-0.4, -0.2) is 25.8 Å². The maximum atomic E-state index is 14.3. The van der Waals surface area contributed by atoms with Crippen molar-refractivity contribution in [3.05, 3.63) is 65.0 Å². The van der Waals surface area contributed by atoms with Gasteiger partial charge in [0.2, 0.25) is 0 Å². The number of aryl methyl sites for hydroxylation is 2. The van der Waals surface area contributed by atoms with Crippen LogP contribution in [0.2, 0.25) is 0 Å². The van der Waals surface area contributed by atoms with Crippen LogP contribution in [0.25, 0.3) is 11.4 Å². The van der Waals surface area contributed by atoms with Crippen molar-refractivity contribution < 1.29 is 9.18 Å². The summed E-state index contributed by atoms with van der Waals surface area (Å²) < 4.78 is 16.3. The minimum Gasteiger partial charge on any atom is -0.299 e. The van der Waals surface area contributed by atoms with Crippen LogP contribution in [0.15, 0.2) is 47.6 Å². The number of ketones is 1. The zero-order valence-electron chi connectivity index (χ0n) is 16.1. The largest absolute Gasteiger partial charge is 0.299 e. The molecule has 1 aliphatic rings. The maximum absolute atomic E-state index is 14.3. The number of thioether (sulfide) groups is 1. The van der Waals surface area contributed by atoms with Crippen molar-refractivity contribution in [3.8, 4) is 11.4 Å². The van der Waals surface area contributed by atoms with Gasteiger partial charge in [-0.1, -0.05) is 41.6 Å². The minimum absolute atomic E-state index is 0.0731. The normalized spacial score (nSPS) is 14.9. The number of hydrogen-bond acceptors (Lipinski definition) is 4. The highest BCUT2D eigenvalue weighted by molar-refractivity contribution is 8.00. The molecular formula is C22H22FN3OS. The Labute approximate surface area is 168 Å². The van der Waals surface area contributed by atoms with Gasteiger partial charge in [0.05, 0.1) is 10.8 Å². The van der Waals surface area contributed by atoms with Gasteiger partial charge in [0, 0.05) is 11.6 Å². The lowest BCUT2D eigenvalue weighted by molar-refractivity contribution is 0.0993. The standard InChI is InChI=1S/C22H22FN3OS/c1-13-8-9-14(2)18(12-13)20(27)15(3)28-22-25-24-21(26(22)16-10-11-16)17-6-4-5-7-19(17)23/h4-9,12,15-16H,10-11H2,1-3H3/t15-/m0/s1. The summed E-state index contributed by atoms with van der Waals surface area (Å²) in [6.07, 6.45) is 2.04. The molecule has 4 rings (SSSR count). The Morgan fingerprint density at radius 1 is 1.18 bits per heavy atom. The van der Waals surface area contributed by atoms with Gasteiger partial charge in [0.15, 0.2) is 16.8 Å². The average molecular weight is 396 g/mol. The van der Waals surface area contributed by atoms with Crippen molar-refractivity contribution in [2.75, 3.05) is 0 Å². The van der Waals surface area contributed by atoms with Crippen molar-refractivity contribution in [1.29, 1.82) is 0 Å². The van der Waals surface area contributed by atoms with Gasteiger partial charge in [-0.25, -0.2) is 4.39 Å². The third-order valence-corrected chi connectivity index (χ3v) is 6.06. The highest BCUT2D eigenvalue weighted by atomic mass is 32.2. The van der Waals surface area contributed by atoms with Gasteiger partial charge in [-0.05, 0) is 57.4 Å². The molecule has 4 nitrogen and oxygen atoms in total. The van der Waals surface area contributed by atoms with Crippen molar-refractivity contribution in [2.24, 2.45) is 0 Å². The predicted molar refractivity (Wildman–Crippen MR) is 109 cm³/mol. The third kappa shape index (κ3) is 3.61. The van der Waals surface area contributed by atoms with Gasteiger partial charge in [-0.3, -0.25) is 9.36 Å². The molecule has 0 saturated heterocycles.